The largest absolute Gasteiger partial charge is 0.403 e. The van der Waals surface area contributed by atoms with E-state index in [0.717, 1.165) is 6.92 Å². The van der Waals surface area contributed by atoms with E-state index >= 15 is 0 Å². The van der Waals surface area contributed by atoms with Gasteiger partial charge in [0.1, 0.15) is 0 Å². The van der Waals surface area contributed by atoms with E-state index in [4.69, 9.17) is 16.0 Å². The maximum atomic E-state index is 13.0. The van der Waals surface area contributed by atoms with Crippen LogP contribution in [0.25, 0.3) is 11.5 Å². The Labute approximate surface area is 141 Å². The Morgan fingerprint density at radius 1 is 1.38 bits per heavy atom. The molecule has 2 aromatic rings. The summed E-state index contributed by atoms with van der Waals surface area (Å²) in [7, 11) is 0. The number of nitrogens with zero attached hydrogens (tertiary/aromatic N) is 3. The van der Waals surface area contributed by atoms with Crippen LogP contribution in [0.4, 0.5) is 14.8 Å². The zero-order valence-electron chi connectivity index (χ0n) is 12.8. The lowest BCUT2D eigenvalue weighted by atomic mass is 9.94. The molecular weight excluding hydrogens is 342 g/mol. The van der Waals surface area contributed by atoms with E-state index < -0.39 is 11.8 Å². The SMILES string of the molecule is CC(F)(F)C1CN(C(=O)CNc2nnc(-c3ccc(Cl)cc3)o2)C1. The van der Waals surface area contributed by atoms with Gasteiger partial charge in [0.25, 0.3) is 5.92 Å². The van der Waals surface area contributed by atoms with E-state index in [0.29, 0.717) is 10.6 Å². The van der Waals surface area contributed by atoms with Gasteiger partial charge in [-0.05, 0) is 31.2 Å². The fraction of sp³-hybridized carbons (Fsp3) is 0.400. The van der Waals surface area contributed by atoms with Crippen LogP contribution < -0.4 is 5.32 Å². The molecule has 9 heteroatoms. The third-order valence-corrected chi connectivity index (χ3v) is 4.11. The quantitative estimate of drug-likeness (QED) is 0.892. The fourth-order valence-corrected chi connectivity index (χ4v) is 2.40. The zero-order valence-corrected chi connectivity index (χ0v) is 13.6. The predicted octanol–water partition coefficient (Wildman–Crippen LogP) is 2.92. The van der Waals surface area contributed by atoms with Gasteiger partial charge in [-0.2, -0.15) is 0 Å². The molecule has 0 atom stereocenters. The minimum absolute atomic E-state index is 0.0594. The van der Waals surface area contributed by atoms with Crippen LogP contribution in [-0.4, -0.2) is 46.6 Å². The number of benzene rings is 1. The van der Waals surface area contributed by atoms with Gasteiger partial charge in [0.2, 0.25) is 11.8 Å². The highest BCUT2D eigenvalue weighted by Gasteiger charge is 2.44. The van der Waals surface area contributed by atoms with Crippen LogP contribution in [0.15, 0.2) is 28.7 Å². The maximum Gasteiger partial charge on any atom is 0.316 e. The number of anilines is 1. The number of carbonyl (C=O) groups excluding carboxylic acids is 1. The summed E-state index contributed by atoms with van der Waals surface area (Å²) >= 11 is 5.81. The summed E-state index contributed by atoms with van der Waals surface area (Å²) in [5.41, 5.74) is 0.696. The first-order chi connectivity index (χ1) is 11.3. The lowest BCUT2D eigenvalue weighted by Crippen LogP contribution is -2.57. The average molecular weight is 357 g/mol. The summed E-state index contributed by atoms with van der Waals surface area (Å²) in [5.74, 6) is -3.54. The maximum absolute atomic E-state index is 13.0. The second-order valence-electron chi connectivity index (χ2n) is 5.72. The Hall–Kier alpha value is -2.22. The number of alkyl halides is 2. The first-order valence-corrected chi connectivity index (χ1v) is 7.69. The van der Waals surface area contributed by atoms with Crippen LogP contribution in [0, 0.1) is 5.92 Å². The van der Waals surface area contributed by atoms with E-state index in [9.17, 15) is 13.6 Å². The molecule has 6 nitrogen and oxygen atoms in total. The van der Waals surface area contributed by atoms with Crippen molar-refractivity contribution in [1.29, 1.82) is 0 Å². The van der Waals surface area contributed by atoms with Crippen molar-refractivity contribution in [3.63, 3.8) is 0 Å². The smallest absolute Gasteiger partial charge is 0.316 e. The van der Waals surface area contributed by atoms with E-state index in [1.165, 1.54) is 4.90 Å². The number of aromatic nitrogens is 2. The van der Waals surface area contributed by atoms with Crippen LogP contribution in [0.3, 0.4) is 0 Å². The van der Waals surface area contributed by atoms with Crippen LogP contribution in [0.2, 0.25) is 5.02 Å². The standard InChI is InChI=1S/C15H15ClF2N4O2/c1-15(17,18)10-7-22(8-10)12(23)6-19-14-21-20-13(24-14)9-2-4-11(16)5-3-9/h2-5,10H,6-8H2,1H3,(H,19,21). The number of likely N-dealkylation sites (tertiary alicyclic amines) is 1. The predicted molar refractivity (Wildman–Crippen MR) is 83.9 cm³/mol. The Morgan fingerprint density at radius 3 is 2.67 bits per heavy atom. The van der Waals surface area contributed by atoms with Gasteiger partial charge >= 0.3 is 6.01 Å². The molecule has 2 heterocycles. The molecule has 1 amide bonds. The zero-order chi connectivity index (χ0) is 17.3. The van der Waals surface area contributed by atoms with Crippen molar-refractivity contribution in [3.05, 3.63) is 29.3 Å². The van der Waals surface area contributed by atoms with Gasteiger partial charge in [0, 0.05) is 23.7 Å². The molecule has 24 heavy (non-hydrogen) atoms. The minimum Gasteiger partial charge on any atom is -0.403 e. The summed E-state index contributed by atoms with van der Waals surface area (Å²) in [6.07, 6.45) is 0. The van der Waals surface area contributed by atoms with Gasteiger partial charge in [0.15, 0.2) is 0 Å². The molecular formula is C15H15ClF2N4O2. The number of nitrogens with one attached hydrogen (secondary N) is 1. The fourth-order valence-electron chi connectivity index (χ4n) is 2.27. The summed E-state index contributed by atoms with van der Waals surface area (Å²) in [4.78, 5) is 13.3. The van der Waals surface area contributed by atoms with Crippen molar-refractivity contribution in [1.82, 2.24) is 15.1 Å². The van der Waals surface area contributed by atoms with Gasteiger partial charge in [0.05, 0.1) is 12.5 Å². The topological polar surface area (TPSA) is 71.3 Å². The average Bonchev–Trinajstić information content (AvgIpc) is 2.91. The lowest BCUT2D eigenvalue weighted by molar-refractivity contribution is -0.148. The van der Waals surface area contributed by atoms with Gasteiger partial charge in [-0.25, -0.2) is 8.78 Å². The molecule has 1 aromatic heterocycles. The Morgan fingerprint density at radius 2 is 2.04 bits per heavy atom. The van der Waals surface area contributed by atoms with Crippen LogP contribution in [-0.2, 0) is 4.79 Å². The molecule has 1 fully saturated rings. The third kappa shape index (κ3) is 3.64. The van der Waals surface area contributed by atoms with Crippen molar-refractivity contribution < 1.29 is 18.0 Å². The molecule has 1 saturated heterocycles. The molecule has 128 valence electrons. The van der Waals surface area contributed by atoms with Crippen LogP contribution >= 0.6 is 11.6 Å². The van der Waals surface area contributed by atoms with Crippen molar-refractivity contribution in [2.75, 3.05) is 25.0 Å². The highest BCUT2D eigenvalue weighted by atomic mass is 35.5. The molecule has 1 N–H and O–H groups in total. The molecule has 0 saturated carbocycles. The summed E-state index contributed by atoms with van der Waals surface area (Å²) < 4.78 is 31.5. The second-order valence-corrected chi connectivity index (χ2v) is 6.16. The Bertz CT molecular complexity index is 724. The van der Waals surface area contributed by atoms with Crippen molar-refractivity contribution in [2.24, 2.45) is 5.92 Å². The van der Waals surface area contributed by atoms with E-state index in [1.807, 2.05) is 0 Å². The number of hydrogen-bond acceptors (Lipinski definition) is 5. The normalized spacial score (nSPS) is 15.2. The minimum atomic E-state index is -2.76. The molecule has 0 bridgehead atoms. The number of carbonyl (C=O) groups is 1. The van der Waals surface area contributed by atoms with E-state index in [2.05, 4.69) is 15.5 Å². The molecule has 1 aliphatic rings. The third-order valence-electron chi connectivity index (χ3n) is 3.86. The molecule has 1 aliphatic heterocycles. The molecule has 0 radical (unpaired) electrons. The number of halogens is 3. The number of amides is 1. The molecule has 1 aromatic carbocycles. The van der Waals surface area contributed by atoms with Gasteiger partial charge in [-0.15, -0.1) is 5.10 Å². The summed E-state index contributed by atoms with van der Waals surface area (Å²) in [5, 5.41) is 11.0. The summed E-state index contributed by atoms with van der Waals surface area (Å²) in [6, 6.07) is 6.95. The Kier molecular flexibility index (Phi) is 4.40. The molecule has 0 unspecified atom stereocenters. The summed E-state index contributed by atoms with van der Waals surface area (Å²) in [6.45, 7) is 0.895. The highest BCUT2D eigenvalue weighted by molar-refractivity contribution is 6.30. The lowest BCUT2D eigenvalue weighted by Gasteiger charge is -2.41. The molecule has 0 spiro atoms. The number of hydrogen-bond donors (Lipinski definition) is 1. The molecule has 0 aliphatic carbocycles. The highest BCUT2D eigenvalue weighted by Crippen LogP contribution is 2.31. The van der Waals surface area contributed by atoms with E-state index in [1.54, 1.807) is 24.3 Å². The van der Waals surface area contributed by atoms with Crippen LogP contribution in [0.5, 0.6) is 0 Å². The van der Waals surface area contributed by atoms with Gasteiger partial charge in [-0.3, -0.25) is 4.79 Å². The van der Waals surface area contributed by atoms with Gasteiger partial charge < -0.3 is 14.6 Å². The first kappa shape index (κ1) is 16.6. The van der Waals surface area contributed by atoms with Crippen LogP contribution in [0.1, 0.15) is 6.92 Å². The number of rotatable bonds is 5. The van der Waals surface area contributed by atoms with Crippen molar-refractivity contribution >= 4 is 23.5 Å². The van der Waals surface area contributed by atoms with Crippen molar-refractivity contribution in [2.45, 2.75) is 12.8 Å². The van der Waals surface area contributed by atoms with E-state index in [-0.39, 0.29) is 37.4 Å². The van der Waals surface area contributed by atoms with Gasteiger partial charge in [-0.1, -0.05) is 16.7 Å². The monoisotopic (exact) mass is 356 g/mol. The first-order valence-electron chi connectivity index (χ1n) is 7.32. The Balaban J connectivity index is 1.51. The second kappa shape index (κ2) is 6.35. The van der Waals surface area contributed by atoms with Crippen molar-refractivity contribution in [3.8, 4) is 11.5 Å². The molecule has 3 rings (SSSR count).